The average molecular weight is 280 g/mol. The van der Waals surface area contributed by atoms with Gasteiger partial charge in [0, 0.05) is 7.11 Å². The highest BCUT2D eigenvalue weighted by Gasteiger charge is 2.21. The summed E-state index contributed by atoms with van der Waals surface area (Å²) in [5, 5.41) is 8.64. The molecule has 1 unspecified atom stereocenters. The number of aliphatic hydroxyl groups is 1. The van der Waals surface area contributed by atoms with E-state index in [1.54, 1.807) is 0 Å². The predicted molar refractivity (Wildman–Crippen MR) is 75.1 cm³/mol. The van der Waals surface area contributed by atoms with E-state index in [-0.39, 0.29) is 13.2 Å². The minimum Gasteiger partial charge on any atom is -0.394 e. The van der Waals surface area contributed by atoms with Crippen LogP contribution in [0.3, 0.4) is 0 Å². The van der Waals surface area contributed by atoms with Gasteiger partial charge in [-0.2, -0.15) is 0 Å². The van der Waals surface area contributed by atoms with Gasteiger partial charge >= 0.3 is 7.60 Å². The molecule has 5 heteroatoms. The van der Waals surface area contributed by atoms with Crippen LogP contribution in [0.2, 0.25) is 0 Å². The molecule has 0 fully saturated rings. The summed E-state index contributed by atoms with van der Waals surface area (Å²) < 4.78 is 22.0. The second kappa shape index (κ2) is 12.2. The van der Waals surface area contributed by atoms with Gasteiger partial charge in [0.2, 0.25) is 0 Å². The highest BCUT2D eigenvalue weighted by Crippen LogP contribution is 2.47. The monoisotopic (exact) mass is 280 g/mol. The Bertz CT molecular complexity index is 221. The molecule has 110 valence electrons. The molecule has 4 nitrogen and oxygen atoms in total. The lowest BCUT2D eigenvalue weighted by atomic mass is 10.1. The van der Waals surface area contributed by atoms with Crippen molar-refractivity contribution in [2.24, 2.45) is 0 Å². The van der Waals surface area contributed by atoms with Crippen molar-refractivity contribution >= 4 is 7.60 Å². The Balaban J connectivity index is 3.47. The quantitative estimate of drug-likeness (QED) is 0.409. The zero-order valence-electron chi connectivity index (χ0n) is 11.9. The van der Waals surface area contributed by atoms with E-state index >= 15 is 0 Å². The van der Waals surface area contributed by atoms with E-state index in [9.17, 15) is 4.57 Å². The lowest BCUT2D eigenvalue weighted by molar-refractivity contribution is 0.173. The highest BCUT2D eigenvalue weighted by molar-refractivity contribution is 7.53. The Morgan fingerprint density at radius 1 is 1.00 bits per heavy atom. The Morgan fingerprint density at radius 2 is 1.56 bits per heavy atom. The van der Waals surface area contributed by atoms with Crippen LogP contribution in [-0.4, -0.2) is 31.6 Å². The first-order valence-electron chi connectivity index (χ1n) is 7.08. The molecule has 0 aromatic carbocycles. The van der Waals surface area contributed by atoms with Crippen molar-refractivity contribution in [3.63, 3.8) is 0 Å². The Morgan fingerprint density at radius 3 is 2.06 bits per heavy atom. The fraction of sp³-hybridized carbons (Fsp3) is 1.00. The van der Waals surface area contributed by atoms with E-state index in [4.69, 9.17) is 14.2 Å². The number of unbranched alkanes of at least 4 members (excludes halogenated alkanes) is 7. The molecule has 0 heterocycles. The molecule has 0 amide bonds. The molecular weight excluding hydrogens is 251 g/mol. The van der Waals surface area contributed by atoms with E-state index in [1.165, 1.54) is 45.6 Å². The van der Waals surface area contributed by atoms with E-state index in [2.05, 4.69) is 6.92 Å². The van der Waals surface area contributed by atoms with E-state index in [0.717, 1.165) is 12.8 Å². The molecule has 0 aliphatic heterocycles. The van der Waals surface area contributed by atoms with Crippen LogP contribution in [0.15, 0.2) is 0 Å². The third-order valence-corrected chi connectivity index (χ3v) is 4.94. The summed E-state index contributed by atoms with van der Waals surface area (Å²) in [5.41, 5.74) is 0. The minimum atomic E-state index is -2.94. The van der Waals surface area contributed by atoms with Crippen molar-refractivity contribution in [1.29, 1.82) is 0 Å². The SMILES string of the molecule is CCCCCCCCCCP(=O)(OC)OCCO. The van der Waals surface area contributed by atoms with Gasteiger partial charge in [0.05, 0.1) is 19.4 Å². The Hall–Kier alpha value is 0.110. The Labute approximate surface area is 112 Å². The van der Waals surface area contributed by atoms with Crippen LogP contribution in [0, 0.1) is 0 Å². The first-order chi connectivity index (χ1) is 8.68. The second-order valence-electron chi connectivity index (χ2n) is 4.55. The summed E-state index contributed by atoms with van der Waals surface area (Å²) in [7, 11) is -1.54. The van der Waals surface area contributed by atoms with Gasteiger partial charge in [-0.3, -0.25) is 4.57 Å². The third kappa shape index (κ3) is 10.1. The molecule has 0 saturated carbocycles. The van der Waals surface area contributed by atoms with Crippen molar-refractivity contribution in [1.82, 2.24) is 0 Å². The van der Waals surface area contributed by atoms with Crippen LogP contribution in [0.25, 0.3) is 0 Å². The molecule has 18 heavy (non-hydrogen) atoms. The van der Waals surface area contributed by atoms with E-state index in [0.29, 0.717) is 6.16 Å². The maximum Gasteiger partial charge on any atom is 0.330 e. The molecule has 0 aliphatic carbocycles. The molecule has 0 aromatic heterocycles. The molecule has 1 atom stereocenters. The topological polar surface area (TPSA) is 55.8 Å². The number of hydrogen-bond donors (Lipinski definition) is 1. The van der Waals surface area contributed by atoms with Gasteiger partial charge in [-0.25, -0.2) is 0 Å². The summed E-state index contributed by atoms with van der Waals surface area (Å²) in [6.07, 6.45) is 10.1. The van der Waals surface area contributed by atoms with Crippen molar-refractivity contribution in [3.05, 3.63) is 0 Å². The minimum absolute atomic E-state index is 0.0855. The largest absolute Gasteiger partial charge is 0.394 e. The fourth-order valence-corrected chi connectivity index (χ4v) is 3.22. The summed E-state index contributed by atoms with van der Waals surface area (Å²) >= 11 is 0. The van der Waals surface area contributed by atoms with Gasteiger partial charge in [-0.1, -0.05) is 51.9 Å². The molecular formula is C13H29O4P. The van der Waals surface area contributed by atoms with Crippen LogP contribution in [0.4, 0.5) is 0 Å². The van der Waals surface area contributed by atoms with Crippen molar-refractivity contribution in [2.45, 2.75) is 58.3 Å². The van der Waals surface area contributed by atoms with Gasteiger partial charge in [-0.15, -0.1) is 0 Å². The van der Waals surface area contributed by atoms with E-state index in [1.807, 2.05) is 0 Å². The summed E-state index contributed by atoms with van der Waals surface area (Å²) in [4.78, 5) is 0. The fourth-order valence-electron chi connectivity index (χ4n) is 1.83. The van der Waals surface area contributed by atoms with Gasteiger partial charge < -0.3 is 14.2 Å². The van der Waals surface area contributed by atoms with Gasteiger partial charge in [-0.05, 0) is 6.42 Å². The first-order valence-corrected chi connectivity index (χ1v) is 8.81. The molecule has 0 aliphatic rings. The molecule has 0 aromatic rings. The molecule has 0 bridgehead atoms. The maximum absolute atomic E-state index is 12.0. The van der Waals surface area contributed by atoms with Gasteiger partial charge in [0.25, 0.3) is 0 Å². The first kappa shape index (κ1) is 18.1. The zero-order chi connectivity index (χ0) is 13.7. The Kier molecular flexibility index (Phi) is 12.2. The predicted octanol–water partition coefficient (Wildman–Crippen LogP) is 3.98. The van der Waals surface area contributed by atoms with Crippen LogP contribution in [-0.2, 0) is 13.6 Å². The molecule has 0 radical (unpaired) electrons. The zero-order valence-corrected chi connectivity index (χ0v) is 12.8. The smallest absolute Gasteiger partial charge is 0.330 e. The van der Waals surface area contributed by atoms with Crippen LogP contribution >= 0.6 is 7.60 Å². The van der Waals surface area contributed by atoms with Crippen molar-refractivity contribution in [2.75, 3.05) is 26.5 Å². The van der Waals surface area contributed by atoms with Crippen LogP contribution in [0.1, 0.15) is 58.3 Å². The number of rotatable bonds is 13. The normalized spacial score (nSPS) is 14.6. The second-order valence-corrected chi connectivity index (χ2v) is 6.84. The average Bonchev–Trinajstić information content (AvgIpc) is 2.39. The van der Waals surface area contributed by atoms with Crippen LogP contribution < -0.4 is 0 Å². The molecule has 0 spiro atoms. The number of hydrogen-bond acceptors (Lipinski definition) is 4. The molecule has 0 saturated heterocycles. The maximum atomic E-state index is 12.0. The molecule has 1 N–H and O–H groups in total. The summed E-state index contributed by atoms with van der Waals surface area (Å²) in [6, 6.07) is 0. The summed E-state index contributed by atoms with van der Waals surface area (Å²) in [5.74, 6) is 0. The lowest BCUT2D eigenvalue weighted by Crippen LogP contribution is -2.02. The van der Waals surface area contributed by atoms with Gasteiger partial charge in [0.1, 0.15) is 0 Å². The highest BCUT2D eigenvalue weighted by atomic mass is 31.2. The van der Waals surface area contributed by atoms with Gasteiger partial charge in [0.15, 0.2) is 0 Å². The lowest BCUT2D eigenvalue weighted by Gasteiger charge is -2.15. The van der Waals surface area contributed by atoms with Crippen LogP contribution in [0.5, 0.6) is 0 Å². The van der Waals surface area contributed by atoms with Crippen molar-refractivity contribution < 1.29 is 18.7 Å². The summed E-state index contributed by atoms with van der Waals surface area (Å²) in [6.45, 7) is 2.18. The number of aliphatic hydroxyl groups excluding tert-OH is 1. The standard InChI is InChI=1S/C13H29O4P/c1-3-4-5-6-7-8-9-10-13-18(15,16-2)17-12-11-14/h14H,3-13H2,1-2H3. The third-order valence-electron chi connectivity index (χ3n) is 2.94. The van der Waals surface area contributed by atoms with Crippen molar-refractivity contribution in [3.8, 4) is 0 Å². The van der Waals surface area contributed by atoms with E-state index < -0.39 is 7.60 Å². The molecule has 0 rings (SSSR count).